The molecule has 21 heavy (non-hydrogen) atoms. The second kappa shape index (κ2) is 7.31. The Morgan fingerprint density at radius 2 is 2.05 bits per heavy atom. The van der Waals surface area contributed by atoms with Crippen LogP contribution in [0, 0.1) is 5.92 Å². The molecule has 0 aromatic heterocycles. The maximum absolute atomic E-state index is 12.2. The molecule has 0 aliphatic carbocycles. The number of fused-ring (bicyclic) bond motifs is 1. The summed E-state index contributed by atoms with van der Waals surface area (Å²) in [6.45, 7) is 5.54. The fraction of sp³-hybridized carbons (Fsp3) is 0.562. The van der Waals surface area contributed by atoms with Crippen LogP contribution in [0.25, 0.3) is 0 Å². The molecule has 2 unspecified atom stereocenters. The van der Waals surface area contributed by atoms with Crippen LogP contribution in [0.5, 0.6) is 11.5 Å². The van der Waals surface area contributed by atoms with Crippen molar-refractivity contribution in [3.05, 3.63) is 23.8 Å². The summed E-state index contributed by atoms with van der Waals surface area (Å²) in [5.74, 6) is 1.40. The zero-order chi connectivity index (χ0) is 15.2. The lowest BCUT2D eigenvalue weighted by Crippen LogP contribution is -2.36. The first-order chi connectivity index (χ1) is 10.2. The van der Waals surface area contributed by atoms with Crippen LogP contribution in [0.4, 0.5) is 0 Å². The first kappa shape index (κ1) is 15.6. The zero-order valence-electron chi connectivity index (χ0n) is 12.7. The van der Waals surface area contributed by atoms with Crippen LogP contribution in [0.15, 0.2) is 18.2 Å². The third kappa shape index (κ3) is 3.88. The van der Waals surface area contributed by atoms with Gasteiger partial charge in [0, 0.05) is 6.54 Å². The molecule has 3 N–H and O–H groups in total. The van der Waals surface area contributed by atoms with Crippen molar-refractivity contribution < 1.29 is 14.3 Å². The van der Waals surface area contributed by atoms with Crippen LogP contribution in [-0.4, -0.2) is 25.7 Å². The number of carbonyl (C=O) groups is 1. The highest BCUT2D eigenvalue weighted by Crippen LogP contribution is 2.32. The maximum Gasteiger partial charge on any atom is 0.224 e. The lowest BCUT2D eigenvalue weighted by molar-refractivity contribution is -0.125. The van der Waals surface area contributed by atoms with E-state index >= 15 is 0 Å². The number of hydrogen-bond donors (Lipinski definition) is 2. The van der Waals surface area contributed by atoms with Crippen LogP contribution < -0.4 is 20.5 Å². The first-order valence-corrected chi connectivity index (χ1v) is 7.55. The number of benzene rings is 1. The maximum atomic E-state index is 12.2. The summed E-state index contributed by atoms with van der Waals surface area (Å²) in [5.41, 5.74) is 6.67. The predicted octanol–water partition coefficient (Wildman–Crippen LogP) is 2.01. The minimum Gasteiger partial charge on any atom is -0.486 e. The molecule has 0 saturated heterocycles. The quantitative estimate of drug-likeness (QED) is 0.841. The SMILES string of the molecule is CCCC(CN)C(=O)NC(C)c1ccc2c(c1)OCCO2. The van der Waals surface area contributed by atoms with Crippen molar-refractivity contribution >= 4 is 5.91 Å². The van der Waals surface area contributed by atoms with Crippen LogP contribution in [0.2, 0.25) is 0 Å². The molecule has 1 aliphatic rings. The smallest absolute Gasteiger partial charge is 0.224 e. The lowest BCUT2D eigenvalue weighted by atomic mass is 10.0. The number of carbonyl (C=O) groups excluding carboxylic acids is 1. The molecule has 0 saturated carbocycles. The van der Waals surface area contributed by atoms with Gasteiger partial charge in [0.05, 0.1) is 12.0 Å². The van der Waals surface area contributed by atoms with Crippen LogP contribution in [0.1, 0.15) is 38.3 Å². The molecule has 1 aliphatic heterocycles. The minimum absolute atomic E-state index is 0.0155. The summed E-state index contributed by atoms with van der Waals surface area (Å²) in [6.07, 6.45) is 1.77. The Hall–Kier alpha value is -1.75. The molecule has 0 fully saturated rings. The summed E-state index contributed by atoms with van der Waals surface area (Å²) in [7, 11) is 0. The summed E-state index contributed by atoms with van der Waals surface area (Å²) in [6, 6.07) is 5.69. The average Bonchev–Trinajstić information content (AvgIpc) is 2.51. The van der Waals surface area contributed by atoms with E-state index in [1.807, 2.05) is 25.1 Å². The van der Waals surface area contributed by atoms with Crippen molar-refractivity contribution in [3.63, 3.8) is 0 Å². The Balaban J connectivity index is 2.02. The normalized spacial score (nSPS) is 16.1. The average molecular weight is 292 g/mol. The molecule has 1 heterocycles. The van der Waals surface area contributed by atoms with Crippen molar-refractivity contribution in [2.75, 3.05) is 19.8 Å². The Labute approximate surface area is 125 Å². The van der Waals surface area contributed by atoms with E-state index in [1.54, 1.807) is 0 Å². The van der Waals surface area contributed by atoms with Gasteiger partial charge in [-0.05, 0) is 31.0 Å². The molecular formula is C16H24N2O3. The Morgan fingerprint density at radius 3 is 2.71 bits per heavy atom. The number of amides is 1. The lowest BCUT2D eigenvalue weighted by Gasteiger charge is -2.22. The molecule has 0 spiro atoms. The second-order valence-corrected chi connectivity index (χ2v) is 5.35. The molecule has 116 valence electrons. The Kier molecular flexibility index (Phi) is 5.44. The number of nitrogens with one attached hydrogen (secondary N) is 1. The van der Waals surface area contributed by atoms with Gasteiger partial charge in [-0.3, -0.25) is 4.79 Å². The van der Waals surface area contributed by atoms with E-state index in [2.05, 4.69) is 12.2 Å². The van der Waals surface area contributed by atoms with Crippen molar-refractivity contribution in [1.29, 1.82) is 0 Å². The van der Waals surface area contributed by atoms with Gasteiger partial charge in [0.15, 0.2) is 11.5 Å². The molecule has 2 atom stereocenters. The first-order valence-electron chi connectivity index (χ1n) is 7.55. The molecular weight excluding hydrogens is 268 g/mol. The van der Waals surface area contributed by atoms with E-state index in [9.17, 15) is 4.79 Å². The van der Waals surface area contributed by atoms with E-state index < -0.39 is 0 Å². The number of hydrogen-bond acceptors (Lipinski definition) is 4. The van der Waals surface area contributed by atoms with Crippen LogP contribution >= 0.6 is 0 Å². The van der Waals surface area contributed by atoms with Crippen LogP contribution in [-0.2, 0) is 4.79 Å². The summed E-state index contributed by atoms with van der Waals surface area (Å²) < 4.78 is 11.1. The number of ether oxygens (including phenoxy) is 2. The third-order valence-electron chi connectivity index (χ3n) is 3.72. The fourth-order valence-corrected chi connectivity index (χ4v) is 2.45. The van der Waals surface area contributed by atoms with Crippen molar-refractivity contribution in [2.45, 2.75) is 32.7 Å². The van der Waals surface area contributed by atoms with Crippen molar-refractivity contribution in [1.82, 2.24) is 5.32 Å². The van der Waals surface area contributed by atoms with Crippen molar-refractivity contribution in [3.8, 4) is 11.5 Å². The molecule has 1 aromatic rings. The third-order valence-corrected chi connectivity index (χ3v) is 3.72. The summed E-state index contributed by atoms with van der Waals surface area (Å²) >= 11 is 0. The van der Waals surface area contributed by atoms with Gasteiger partial charge in [0.25, 0.3) is 0 Å². The van der Waals surface area contributed by atoms with Crippen molar-refractivity contribution in [2.24, 2.45) is 11.7 Å². The highest BCUT2D eigenvalue weighted by atomic mass is 16.6. The van der Waals surface area contributed by atoms with Gasteiger partial charge in [-0.1, -0.05) is 19.4 Å². The van der Waals surface area contributed by atoms with Gasteiger partial charge in [0.2, 0.25) is 5.91 Å². The topological polar surface area (TPSA) is 73.6 Å². The van der Waals surface area contributed by atoms with E-state index in [-0.39, 0.29) is 17.9 Å². The molecule has 0 bridgehead atoms. The molecule has 1 aromatic carbocycles. The zero-order valence-corrected chi connectivity index (χ0v) is 12.7. The second-order valence-electron chi connectivity index (χ2n) is 5.35. The number of nitrogens with two attached hydrogens (primary N) is 1. The molecule has 0 radical (unpaired) electrons. The van der Waals surface area contributed by atoms with E-state index in [1.165, 1.54) is 0 Å². The van der Waals surface area contributed by atoms with Gasteiger partial charge in [0.1, 0.15) is 13.2 Å². The molecule has 1 amide bonds. The summed E-state index contributed by atoms with van der Waals surface area (Å²) in [4.78, 5) is 12.2. The van der Waals surface area contributed by atoms with Crippen LogP contribution in [0.3, 0.4) is 0 Å². The monoisotopic (exact) mass is 292 g/mol. The van der Waals surface area contributed by atoms with Gasteiger partial charge in [-0.2, -0.15) is 0 Å². The molecule has 2 rings (SSSR count). The Bertz CT molecular complexity index is 490. The Morgan fingerprint density at radius 1 is 1.33 bits per heavy atom. The molecule has 5 heteroatoms. The largest absolute Gasteiger partial charge is 0.486 e. The van der Waals surface area contributed by atoms with E-state index in [0.29, 0.717) is 19.8 Å². The van der Waals surface area contributed by atoms with Gasteiger partial charge >= 0.3 is 0 Å². The van der Waals surface area contributed by atoms with Gasteiger partial charge < -0.3 is 20.5 Å². The fourth-order valence-electron chi connectivity index (χ4n) is 2.45. The standard InChI is InChI=1S/C16H24N2O3/c1-3-4-13(10-17)16(19)18-11(2)12-5-6-14-15(9-12)21-8-7-20-14/h5-6,9,11,13H,3-4,7-8,10,17H2,1-2H3,(H,18,19). The highest BCUT2D eigenvalue weighted by molar-refractivity contribution is 5.79. The van der Waals surface area contributed by atoms with Gasteiger partial charge in [-0.25, -0.2) is 0 Å². The minimum atomic E-state index is -0.116. The predicted molar refractivity (Wildman–Crippen MR) is 81.4 cm³/mol. The van der Waals surface area contributed by atoms with Gasteiger partial charge in [-0.15, -0.1) is 0 Å². The summed E-state index contributed by atoms with van der Waals surface area (Å²) in [5, 5.41) is 3.02. The molecule has 5 nitrogen and oxygen atoms in total. The van der Waals surface area contributed by atoms with E-state index in [0.717, 1.165) is 29.9 Å². The highest BCUT2D eigenvalue weighted by Gasteiger charge is 2.20. The van der Waals surface area contributed by atoms with E-state index in [4.69, 9.17) is 15.2 Å². The number of rotatable bonds is 6.